The number of ether oxygens (including phenoxy) is 1. The maximum atomic E-state index is 9.71. The standard InChI is InChI=1S/C15H24O2.H2O4S/c1-12(2)15(16)10-9-13(3)17-11-14-7-5-4-6-8-14;1-5(2,3)4/h4-8,12-13,15-16H,9-11H2,1-3H3;(H2,1,2,3,4). The molecule has 0 spiro atoms. The molecule has 0 saturated carbocycles. The molecule has 0 saturated heterocycles. The zero-order chi connectivity index (χ0) is 17.2. The molecule has 0 radical (unpaired) electrons. The lowest BCUT2D eigenvalue weighted by Gasteiger charge is -2.18. The van der Waals surface area contributed by atoms with E-state index in [1.54, 1.807) is 0 Å². The minimum atomic E-state index is -4.67. The highest BCUT2D eigenvalue weighted by Crippen LogP contribution is 2.12. The third-order valence-corrected chi connectivity index (χ3v) is 3.02. The molecule has 3 N–H and O–H groups in total. The van der Waals surface area contributed by atoms with Gasteiger partial charge in [-0.15, -0.1) is 0 Å². The normalized spacial score (nSPS) is 14.1. The van der Waals surface area contributed by atoms with Crippen LogP contribution in [0.2, 0.25) is 0 Å². The summed E-state index contributed by atoms with van der Waals surface area (Å²) in [6, 6.07) is 10.2. The monoisotopic (exact) mass is 334 g/mol. The van der Waals surface area contributed by atoms with Crippen LogP contribution in [-0.2, 0) is 21.7 Å². The van der Waals surface area contributed by atoms with Crippen LogP contribution in [0.25, 0.3) is 0 Å². The van der Waals surface area contributed by atoms with E-state index in [-0.39, 0.29) is 12.2 Å². The first-order valence-corrected chi connectivity index (χ1v) is 8.52. The molecule has 2 unspecified atom stereocenters. The van der Waals surface area contributed by atoms with Crippen molar-refractivity contribution in [2.45, 2.75) is 52.4 Å². The Kier molecular flexibility index (Phi) is 10.2. The molecule has 1 aromatic carbocycles. The van der Waals surface area contributed by atoms with Crippen LogP contribution in [0.15, 0.2) is 30.3 Å². The second-order valence-electron chi connectivity index (χ2n) is 5.44. The molecule has 6 nitrogen and oxygen atoms in total. The third-order valence-electron chi connectivity index (χ3n) is 3.02. The van der Waals surface area contributed by atoms with E-state index in [0.29, 0.717) is 12.5 Å². The summed E-state index contributed by atoms with van der Waals surface area (Å²) in [5.41, 5.74) is 1.20. The summed E-state index contributed by atoms with van der Waals surface area (Å²) >= 11 is 0. The van der Waals surface area contributed by atoms with E-state index in [1.807, 2.05) is 32.0 Å². The van der Waals surface area contributed by atoms with Crippen LogP contribution in [0.1, 0.15) is 39.2 Å². The molecule has 0 heterocycles. The maximum Gasteiger partial charge on any atom is 0.394 e. The molecule has 0 bridgehead atoms. The Hall–Kier alpha value is -0.990. The lowest BCUT2D eigenvalue weighted by Crippen LogP contribution is -2.18. The van der Waals surface area contributed by atoms with E-state index in [1.165, 1.54) is 5.56 Å². The number of aliphatic hydroxyl groups is 1. The SMILES string of the molecule is CC(CCC(O)C(C)C)OCc1ccccc1.O=S(=O)(O)O. The molecule has 22 heavy (non-hydrogen) atoms. The predicted octanol–water partition coefficient (Wildman–Crippen LogP) is 2.74. The molecule has 1 rings (SSSR count). The number of aliphatic hydroxyl groups excluding tert-OH is 1. The zero-order valence-electron chi connectivity index (χ0n) is 13.2. The van der Waals surface area contributed by atoms with Gasteiger partial charge in [0.15, 0.2) is 0 Å². The number of rotatable bonds is 7. The highest BCUT2D eigenvalue weighted by molar-refractivity contribution is 7.79. The van der Waals surface area contributed by atoms with E-state index in [0.717, 1.165) is 12.8 Å². The first kappa shape index (κ1) is 21.0. The molecule has 0 amide bonds. The van der Waals surface area contributed by atoms with Crippen molar-refractivity contribution in [1.29, 1.82) is 0 Å². The summed E-state index contributed by atoms with van der Waals surface area (Å²) < 4.78 is 37.3. The Labute approximate surface area is 132 Å². The summed E-state index contributed by atoms with van der Waals surface area (Å²) in [6.07, 6.45) is 1.71. The molecule has 0 aliphatic carbocycles. The molecular formula is C15H26O6S. The largest absolute Gasteiger partial charge is 0.394 e. The number of hydrogen-bond donors (Lipinski definition) is 3. The quantitative estimate of drug-likeness (QED) is 0.662. The van der Waals surface area contributed by atoms with Crippen molar-refractivity contribution in [2.24, 2.45) is 5.92 Å². The van der Waals surface area contributed by atoms with Gasteiger partial charge in [0, 0.05) is 0 Å². The molecule has 1 aromatic rings. The lowest BCUT2D eigenvalue weighted by atomic mass is 10.0. The van der Waals surface area contributed by atoms with Gasteiger partial charge in [0.1, 0.15) is 0 Å². The van der Waals surface area contributed by atoms with Crippen LogP contribution in [0.4, 0.5) is 0 Å². The minimum absolute atomic E-state index is 0.198. The van der Waals surface area contributed by atoms with Gasteiger partial charge in [-0.1, -0.05) is 44.2 Å². The van der Waals surface area contributed by atoms with E-state index in [4.69, 9.17) is 22.3 Å². The smallest absolute Gasteiger partial charge is 0.393 e. The minimum Gasteiger partial charge on any atom is -0.393 e. The second kappa shape index (κ2) is 10.7. The molecule has 2 atom stereocenters. The van der Waals surface area contributed by atoms with Gasteiger partial charge in [-0.25, -0.2) is 0 Å². The molecule has 0 fully saturated rings. The number of hydrogen-bond acceptors (Lipinski definition) is 4. The van der Waals surface area contributed by atoms with Crippen molar-refractivity contribution >= 4 is 10.4 Å². The van der Waals surface area contributed by atoms with Crippen LogP contribution in [0.5, 0.6) is 0 Å². The summed E-state index contributed by atoms with van der Waals surface area (Å²) in [6.45, 7) is 6.80. The van der Waals surface area contributed by atoms with Gasteiger partial charge >= 0.3 is 10.4 Å². The summed E-state index contributed by atoms with van der Waals surface area (Å²) in [5.74, 6) is 0.330. The van der Waals surface area contributed by atoms with Gasteiger partial charge in [0.2, 0.25) is 0 Å². The van der Waals surface area contributed by atoms with Crippen LogP contribution in [0, 0.1) is 5.92 Å². The van der Waals surface area contributed by atoms with Crippen molar-refractivity contribution in [3.8, 4) is 0 Å². The van der Waals surface area contributed by atoms with E-state index < -0.39 is 10.4 Å². The molecular weight excluding hydrogens is 308 g/mol. The van der Waals surface area contributed by atoms with Gasteiger partial charge in [-0.2, -0.15) is 8.42 Å². The van der Waals surface area contributed by atoms with Gasteiger partial charge < -0.3 is 9.84 Å². The first-order valence-electron chi connectivity index (χ1n) is 7.13. The Morgan fingerprint density at radius 3 is 2.00 bits per heavy atom. The molecule has 128 valence electrons. The highest BCUT2D eigenvalue weighted by Gasteiger charge is 2.11. The molecule has 7 heteroatoms. The van der Waals surface area contributed by atoms with Crippen LogP contribution in [0.3, 0.4) is 0 Å². The Morgan fingerprint density at radius 1 is 1.05 bits per heavy atom. The Balaban J connectivity index is 0.000000763. The van der Waals surface area contributed by atoms with E-state index in [9.17, 15) is 5.11 Å². The predicted molar refractivity (Wildman–Crippen MR) is 84.9 cm³/mol. The van der Waals surface area contributed by atoms with Crippen molar-refractivity contribution in [3.63, 3.8) is 0 Å². The molecule has 0 aliphatic heterocycles. The zero-order valence-corrected chi connectivity index (χ0v) is 14.0. The summed E-state index contributed by atoms with van der Waals surface area (Å²) in [7, 11) is -4.67. The van der Waals surface area contributed by atoms with Crippen LogP contribution >= 0.6 is 0 Å². The number of benzene rings is 1. The molecule has 0 aliphatic rings. The fourth-order valence-corrected chi connectivity index (χ4v) is 1.63. The van der Waals surface area contributed by atoms with Crippen LogP contribution in [-0.4, -0.2) is 34.8 Å². The van der Waals surface area contributed by atoms with Crippen molar-refractivity contribution in [1.82, 2.24) is 0 Å². The average molecular weight is 334 g/mol. The maximum absolute atomic E-state index is 9.71. The fourth-order valence-electron chi connectivity index (χ4n) is 1.63. The van der Waals surface area contributed by atoms with Crippen molar-refractivity contribution < 1.29 is 27.4 Å². The van der Waals surface area contributed by atoms with Gasteiger partial charge in [-0.3, -0.25) is 9.11 Å². The lowest BCUT2D eigenvalue weighted by molar-refractivity contribution is 0.0292. The average Bonchev–Trinajstić information content (AvgIpc) is 2.41. The first-order chi connectivity index (χ1) is 10.1. The highest BCUT2D eigenvalue weighted by atomic mass is 32.3. The Bertz CT molecular complexity index is 478. The van der Waals surface area contributed by atoms with Crippen LogP contribution < -0.4 is 0 Å². The topological polar surface area (TPSA) is 104 Å². The summed E-state index contributed by atoms with van der Waals surface area (Å²) in [4.78, 5) is 0. The third kappa shape index (κ3) is 14.0. The molecule has 0 aromatic heterocycles. The van der Waals surface area contributed by atoms with Gasteiger partial charge in [0.05, 0.1) is 18.8 Å². The fraction of sp³-hybridized carbons (Fsp3) is 0.600. The summed E-state index contributed by atoms with van der Waals surface area (Å²) in [5, 5.41) is 9.71. The van der Waals surface area contributed by atoms with Gasteiger partial charge in [0.25, 0.3) is 0 Å². The Morgan fingerprint density at radius 2 is 1.55 bits per heavy atom. The van der Waals surface area contributed by atoms with Crippen molar-refractivity contribution in [2.75, 3.05) is 0 Å². The van der Waals surface area contributed by atoms with Crippen molar-refractivity contribution in [3.05, 3.63) is 35.9 Å². The van der Waals surface area contributed by atoms with E-state index >= 15 is 0 Å². The van der Waals surface area contributed by atoms with E-state index in [2.05, 4.69) is 19.1 Å². The second-order valence-corrected chi connectivity index (χ2v) is 6.34. The van der Waals surface area contributed by atoms with Gasteiger partial charge in [-0.05, 0) is 31.2 Å².